The molecule has 1 fully saturated rings. The quantitative estimate of drug-likeness (QED) is 0.399. The van der Waals surface area contributed by atoms with Gasteiger partial charge in [-0.3, -0.25) is 14.7 Å². The lowest BCUT2D eigenvalue weighted by atomic mass is 9.81. The third-order valence-electron chi connectivity index (χ3n) is 6.72. The van der Waals surface area contributed by atoms with Gasteiger partial charge >= 0.3 is 5.97 Å². The highest BCUT2D eigenvalue weighted by atomic mass is 35.5. The molecular weight excluding hydrogens is 486 g/mol. The molecule has 1 N–H and O–H groups in total. The van der Waals surface area contributed by atoms with Crippen LogP contribution in [0.25, 0.3) is 10.9 Å². The molecule has 0 unspecified atom stereocenters. The molecule has 1 aromatic heterocycles. The number of benzene rings is 2. The molecule has 0 bridgehead atoms. The van der Waals surface area contributed by atoms with E-state index in [2.05, 4.69) is 16.8 Å². The summed E-state index contributed by atoms with van der Waals surface area (Å²) in [7, 11) is 1.56. The Morgan fingerprint density at radius 1 is 1.31 bits per heavy atom. The molecule has 2 aromatic carbocycles. The number of methoxy groups -OCH3 is 1. The van der Waals surface area contributed by atoms with E-state index < -0.39 is 23.9 Å². The van der Waals surface area contributed by atoms with E-state index in [0.29, 0.717) is 60.3 Å². The smallest absolute Gasteiger partial charge is 0.308 e. The Morgan fingerprint density at radius 3 is 2.89 bits per heavy atom. The zero-order valence-corrected chi connectivity index (χ0v) is 20.6. The molecule has 4 rings (SSSR count). The summed E-state index contributed by atoms with van der Waals surface area (Å²) in [4.78, 5) is 18.3. The number of carboxylic acids is 1. The Hall–Kier alpha value is -3.21. The minimum Gasteiger partial charge on any atom is -0.497 e. The van der Waals surface area contributed by atoms with Gasteiger partial charge in [-0.05, 0) is 79.8 Å². The van der Waals surface area contributed by atoms with E-state index in [0.717, 1.165) is 0 Å². The Morgan fingerprint density at radius 2 is 2.14 bits per heavy atom. The van der Waals surface area contributed by atoms with Crippen molar-refractivity contribution in [1.82, 2.24) is 9.88 Å². The van der Waals surface area contributed by atoms with Crippen LogP contribution in [0.5, 0.6) is 5.75 Å². The predicted octanol–water partition coefficient (Wildman–Crippen LogP) is 5.90. The van der Waals surface area contributed by atoms with Crippen LogP contribution in [0.3, 0.4) is 0 Å². The number of pyridine rings is 1. The predicted molar refractivity (Wildman–Crippen MR) is 135 cm³/mol. The van der Waals surface area contributed by atoms with Gasteiger partial charge in [0.15, 0.2) is 0 Å². The largest absolute Gasteiger partial charge is 0.497 e. The second kappa shape index (κ2) is 11.7. The lowest BCUT2D eigenvalue weighted by Crippen LogP contribution is -2.44. The van der Waals surface area contributed by atoms with Crippen LogP contribution >= 0.6 is 11.6 Å². The monoisotopic (exact) mass is 512 g/mol. The number of ether oxygens (including phenoxy) is 1. The maximum atomic E-state index is 15.4. The molecule has 1 saturated heterocycles. The third-order valence-corrected chi connectivity index (χ3v) is 7.03. The maximum absolute atomic E-state index is 15.4. The number of nitrogens with zero attached hydrogens (tertiary/aromatic N) is 2. The first-order valence-electron chi connectivity index (χ1n) is 11.8. The zero-order valence-electron chi connectivity index (χ0n) is 19.9. The number of fused-ring (bicyclic) bond motifs is 1. The second-order valence-electron chi connectivity index (χ2n) is 8.99. The van der Waals surface area contributed by atoms with Crippen molar-refractivity contribution in [2.75, 3.05) is 26.7 Å². The minimum absolute atomic E-state index is 0.0410. The van der Waals surface area contributed by atoms with E-state index in [4.69, 9.17) is 16.3 Å². The highest BCUT2D eigenvalue weighted by Gasteiger charge is 2.34. The highest BCUT2D eigenvalue weighted by Crippen LogP contribution is 2.35. The van der Waals surface area contributed by atoms with Crippen LogP contribution in [0, 0.1) is 29.5 Å². The lowest BCUT2D eigenvalue weighted by Gasteiger charge is -2.35. The van der Waals surface area contributed by atoms with Gasteiger partial charge in [0.25, 0.3) is 0 Å². The van der Waals surface area contributed by atoms with Crippen molar-refractivity contribution in [3.05, 3.63) is 70.6 Å². The minimum atomic E-state index is -1.24. The van der Waals surface area contributed by atoms with Crippen LogP contribution < -0.4 is 4.74 Å². The molecule has 1 aliphatic rings. The van der Waals surface area contributed by atoms with Crippen LogP contribution in [0.4, 0.5) is 8.78 Å². The van der Waals surface area contributed by atoms with E-state index in [-0.39, 0.29) is 17.4 Å². The van der Waals surface area contributed by atoms with Crippen molar-refractivity contribution < 1.29 is 23.4 Å². The van der Waals surface area contributed by atoms with Crippen molar-refractivity contribution in [1.29, 1.82) is 0 Å². The van der Waals surface area contributed by atoms with E-state index in [1.54, 1.807) is 43.6 Å². The number of likely N-dealkylation sites (tertiary alicyclic amines) is 1. The zero-order chi connectivity index (χ0) is 25.7. The van der Waals surface area contributed by atoms with Crippen molar-refractivity contribution in [3.63, 3.8) is 0 Å². The van der Waals surface area contributed by atoms with Crippen molar-refractivity contribution >= 4 is 28.5 Å². The molecule has 36 heavy (non-hydrogen) atoms. The van der Waals surface area contributed by atoms with Gasteiger partial charge in [0, 0.05) is 23.7 Å². The number of carboxylic acid groups (broad SMARTS) is 1. The van der Waals surface area contributed by atoms with Gasteiger partial charge in [-0.1, -0.05) is 23.4 Å². The average molecular weight is 513 g/mol. The van der Waals surface area contributed by atoms with Gasteiger partial charge in [0.1, 0.15) is 17.7 Å². The van der Waals surface area contributed by atoms with E-state index in [9.17, 15) is 14.3 Å². The first-order chi connectivity index (χ1) is 17.4. The number of hydrogen-bond donors (Lipinski definition) is 1. The molecule has 0 amide bonds. The van der Waals surface area contributed by atoms with Crippen molar-refractivity contribution in [2.45, 2.75) is 25.4 Å². The molecule has 0 radical (unpaired) electrons. The molecule has 3 aromatic rings. The maximum Gasteiger partial charge on any atom is 0.308 e. The number of aromatic nitrogens is 1. The number of rotatable bonds is 7. The van der Waals surface area contributed by atoms with Gasteiger partial charge in [-0.25, -0.2) is 8.78 Å². The second-order valence-corrected chi connectivity index (χ2v) is 9.39. The molecule has 2 heterocycles. The lowest BCUT2D eigenvalue weighted by molar-refractivity contribution is -0.146. The van der Waals surface area contributed by atoms with Gasteiger partial charge in [0.05, 0.1) is 30.1 Å². The summed E-state index contributed by atoms with van der Waals surface area (Å²) in [5.41, 5.74) is 1.74. The molecule has 8 heteroatoms. The van der Waals surface area contributed by atoms with Gasteiger partial charge in [-0.2, -0.15) is 0 Å². The topological polar surface area (TPSA) is 62.7 Å². The summed E-state index contributed by atoms with van der Waals surface area (Å²) in [5.74, 6) is 4.37. The number of piperidine rings is 1. The molecule has 1 aliphatic heterocycles. The first kappa shape index (κ1) is 25.9. The molecular formula is C28H27ClF2N2O3. The van der Waals surface area contributed by atoms with Crippen molar-refractivity contribution in [2.24, 2.45) is 11.8 Å². The molecule has 0 aliphatic carbocycles. The van der Waals surface area contributed by atoms with Crippen LogP contribution in [-0.2, 0) is 4.79 Å². The average Bonchev–Trinajstić information content (AvgIpc) is 2.88. The van der Waals surface area contributed by atoms with Crippen LogP contribution in [-0.4, -0.2) is 47.7 Å². The van der Waals surface area contributed by atoms with Crippen molar-refractivity contribution in [3.8, 4) is 17.6 Å². The highest BCUT2D eigenvalue weighted by molar-refractivity contribution is 6.30. The van der Waals surface area contributed by atoms with E-state index >= 15 is 4.39 Å². The molecule has 0 spiro atoms. The third kappa shape index (κ3) is 6.13. The van der Waals surface area contributed by atoms with Crippen LogP contribution in [0.2, 0.25) is 5.02 Å². The molecule has 188 valence electrons. The first-order valence-corrected chi connectivity index (χ1v) is 12.2. The Labute approximate surface area is 214 Å². The number of hydrogen-bond acceptors (Lipinski definition) is 4. The molecule has 0 saturated carbocycles. The summed E-state index contributed by atoms with van der Waals surface area (Å²) < 4.78 is 34.2. The Balaban J connectivity index is 1.37. The standard InChI is InChI=1S/C28H27ClF2N2O3/c1-36-20-6-9-27-22(16-20)21(10-12-32-27)25(30)8-5-19-11-14-33(17-23(19)28(34)35)13-2-3-18-4-7-24(29)26(31)15-18/h4,6-7,9-10,12,15-16,19,23,25H,5,8,11,13-14,17H2,1H3,(H,34,35)/t19-,23+,25+/m1/s1. The molecule has 5 nitrogen and oxygen atoms in total. The summed E-state index contributed by atoms with van der Waals surface area (Å²) in [6, 6.07) is 11.4. The summed E-state index contributed by atoms with van der Waals surface area (Å²) in [6.45, 7) is 1.39. The van der Waals surface area contributed by atoms with Crippen LogP contribution in [0.1, 0.15) is 36.6 Å². The number of carbonyl (C=O) groups is 1. The fraction of sp³-hybridized carbons (Fsp3) is 0.357. The Bertz CT molecular complexity index is 1310. The fourth-order valence-corrected chi connectivity index (χ4v) is 4.84. The van der Waals surface area contributed by atoms with Gasteiger partial charge in [-0.15, -0.1) is 0 Å². The van der Waals surface area contributed by atoms with Gasteiger partial charge in [0.2, 0.25) is 0 Å². The SMILES string of the molecule is COc1ccc2nccc([C@@H](F)CC[C@@H]3CCN(CC#Cc4ccc(Cl)c(F)c4)C[C@@H]3C(=O)O)c2c1. The van der Waals surface area contributed by atoms with E-state index in [1.807, 2.05) is 4.90 Å². The summed E-state index contributed by atoms with van der Waals surface area (Å²) in [5, 5.41) is 10.6. The molecule has 3 atom stereocenters. The summed E-state index contributed by atoms with van der Waals surface area (Å²) in [6.07, 6.45) is 1.70. The fourth-order valence-electron chi connectivity index (χ4n) is 4.73. The van der Waals surface area contributed by atoms with Gasteiger partial charge < -0.3 is 9.84 Å². The Kier molecular flexibility index (Phi) is 8.40. The number of aliphatic carboxylic acids is 1. The summed E-state index contributed by atoms with van der Waals surface area (Å²) >= 11 is 5.70. The number of alkyl halides is 1. The van der Waals surface area contributed by atoms with E-state index in [1.165, 1.54) is 12.1 Å². The number of halogens is 3. The normalized spacial score (nSPS) is 18.9. The van der Waals surface area contributed by atoms with Crippen LogP contribution in [0.15, 0.2) is 48.7 Å².